The lowest BCUT2D eigenvalue weighted by Gasteiger charge is -2.16. The van der Waals surface area contributed by atoms with Crippen molar-refractivity contribution in [1.82, 2.24) is 14.5 Å². The SMILES string of the molecule is CCC(CC)n1c(N)nc2ccc(OC)nc21. The summed E-state index contributed by atoms with van der Waals surface area (Å²) < 4.78 is 7.14. The van der Waals surface area contributed by atoms with Crippen LogP contribution >= 0.6 is 0 Å². The highest BCUT2D eigenvalue weighted by atomic mass is 16.5. The summed E-state index contributed by atoms with van der Waals surface area (Å²) >= 11 is 0. The first-order valence-electron chi connectivity index (χ1n) is 5.89. The molecule has 0 aromatic carbocycles. The molecule has 2 aromatic rings. The van der Waals surface area contributed by atoms with Gasteiger partial charge in [0.1, 0.15) is 5.52 Å². The minimum absolute atomic E-state index is 0.333. The van der Waals surface area contributed by atoms with Crippen LogP contribution in [0.15, 0.2) is 12.1 Å². The van der Waals surface area contributed by atoms with E-state index in [1.165, 1.54) is 0 Å². The molecular formula is C12H18N4O. The highest BCUT2D eigenvalue weighted by Gasteiger charge is 2.16. The molecule has 92 valence electrons. The molecule has 0 saturated heterocycles. The Morgan fingerprint density at radius 2 is 2.00 bits per heavy atom. The predicted molar refractivity (Wildman–Crippen MR) is 68.1 cm³/mol. The Bertz CT molecular complexity index is 516. The zero-order valence-corrected chi connectivity index (χ0v) is 10.5. The van der Waals surface area contributed by atoms with E-state index in [0.717, 1.165) is 24.0 Å². The van der Waals surface area contributed by atoms with Crippen LogP contribution < -0.4 is 10.5 Å². The standard InChI is InChI=1S/C12H18N4O/c1-4-8(5-2)16-11-9(14-12(16)13)6-7-10(15-11)17-3/h6-8H,4-5H2,1-3H3,(H2,13,14). The zero-order valence-electron chi connectivity index (χ0n) is 10.5. The summed E-state index contributed by atoms with van der Waals surface area (Å²) in [6, 6.07) is 4.02. The Morgan fingerprint density at radius 1 is 1.29 bits per heavy atom. The third-order valence-corrected chi connectivity index (χ3v) is 3.06. The van der Waals surface area contributed by atoms with Crippen LogP contribution in [0.1, 0.15) is 32.7 Å². The van der Waals surface area contributed by atoms with Gasteiger partial charge in [0.15, 0.2) is 5.65 Å². The van der Waals surface area contributed by atoms with Crippen molar-refractivity contribution in [1.29, 1.82) is 0 Å². The van der Waals surface area contributed by atoms with Crippen LogP contribution in [-0.2, 0) is 0 Å². The van der Waals surface area contributed by atoms with E-state index < -0.39 is 0 Å². The van der Waals surface area contributed by atoms with Gasteiger partial charge in [0.05, 0.1) is 7.11 Å². The van der Waals surface area contributed by atoms with Crippen LogP contribution in [0, 0.1) is 0 Å². The van der Waals surface area contributed by atoms with Crippen LogP contribution in [0.3, 0.4) is 0 Å². The lowest BCUT2D eigenvalue weighted by molar-refractivity contribution is 0.398. The Morgan fingerprint density at radius 3 is 2.59 bits per heavy atom. The highest BCUT2D eigenvalue weighted by molar-refractivity contribution is 5.75. The lowest BCUT2D eigenvalue weighted by atomic mass is 10.2. The van der Waals surface area contributed by atoms with Crippen molar-refractivity contribution in [2.24, 2.45) is 0 Å². The van der Waals surface area contributed by atoms with E-state index in [1.54, 1.807) is 13.2 Å². The van der Waals surface area contributed by atoms with Gasteiger partial charge in [-0.05, 0) is 18.9 Å². The molecule has 0 fully saturated rings. The fourth-order valence-corrected chi connectivity index (χ4v) is 2.10. The van der Waals surface area contributed by atoms with Crippen LogP contribution in [0.5, 0.6) is 5.88 Å². The van der Waals surface area contributed by atoms with Gasteiger partial charge in [0.2, 0.25) is 11.8 Å². The Labute approximate surface area is 101 Å². The predicted octanol–water partition coefficient (Wildman–Crippen LogP) is 2.38. The number of fused-ring (bicyclic) bond motifs is 1. The van der Waals surface area contributed by atoms with Crippen molar-refractivity contribution in [2.45, 2.75) is 32.7 Å². The third kappa shape index (κ3) is 1.92. The van der Waals surface area contributed by atoms with Gasteiger partial charge >= 0.3 is 0 Å². The normalized spacial score (nSPS) is 11.3. The molecule has 0 aliphatic heterocycles. The summed E-state index contributed by atoms with van der Waals surface area (Å²) in [5.41, 5.74) is 7.58. The van der Waals surface area contributed by atoms with E-state index in [4.69, 9.17) is 10.5 Å². The van der Waals surface area contributed by atoms with Crippen molar-refractivity contribution in [3.05, 3.63) is 12.1 Å². The fraction of sp³-hybridized carbons (Fsp3) is 0.500. The van der Waals surface area contributed by atoms with Crippen molar-refractivity contribution >= 4 is 17.1 Å². The van der Waals surface area contributed by atoms with E-state index in [1.807, 2.05) is 10.6 Å². The quantitative estimate of drug-likeness (QED) is 0.882. The van der Waals surface area contributed by atoms with Gasteiger partial charge in [-0.1, -0.05) is 13.8 Å². The number of nitrogens with zero attached hydrogens (tertiary/aromatic N) is 3. The van der Waals surface area contributed by atoms with Crippen molar-refractivity contribution < 1.29 is 4.74 Å². The largest absolute Gasteiger partial charge is 0.481 e. The van der Waals surface area contributed by atoms with Crippen LogP contribution in [-0.4, -0.2) is 21.6 Å². The topological polar surface area (TPSA) is 66.0 Å². The summed E-state index contributed by atoms with van der Waals surface area (Å²) in [4.78, 5) is 8.76. The first-order valence-corrected chi connectivity index (χ1v) is 5.89. The molecular weight excluding hydrogens is 216 g/mol. The second kappa shape index (κ2) is 4.61. The molecule has 2 rings (SSSR count). The number of anilines is 1. The molecule has 0 unspecified atom stereocenters. The van der Waals surface area contributed by atoms with Gasteiger partial charge in [-0.2, -0.15) is 4.98 Å². The van der Waals surface area contributed by atoms with Gasteiger partial charge in [-0.25, -0.2) is 4.98 Å². The van der Waals surface area contributed by atoms with E-state index in [0.29, 0.717) is 17.9 Å². The van der Waals surface area contributed by atoms with Gasteiger partial charge in [-0.15, -0.1) is 0 Å². The Kier molecular flexibility index (Phi) is 3.17. The molecule has 5 heteroatoms. The maximum absolute atomic E-state index is 5.97. The first kappa shape index (κ1) is 11.7. The number of pyridine rings is 1. The lowest BCUT2D eigenvalue weighted by Crippen LogP contribution is -2.11. The van der Waals surface area contributed by atoms with E-state index in [9.17, 15) is 0 Å². The fourth-order valence-electron chi connectivity index (χ4n) is 2.10. The molecule has 0 aliphatic rings. The molecule has 2 aromatic heterocycles. The zero-order chi connectivity index (χ0) is 12.4. The number of aromatic nitrogens is 3. The van der Waals surface area contributed by atoms with Crippen LogP contribution in [0.25, 0.3) is 11.2 Å². The number of hydrogen-bond acceptors (Lipinski definition) is 4. The number of imidazole rings is 1. The molecule has 0 atom stereocenters. The number of methoxy groups -OCH3 is 1. The Hall–Kier alpha value is -1.78. The van der Waals surface area contributed by atoms with Crippen LogP contribution in [0.4, 0.5) is 5.95 Å². The maximum Gasteiger partial charge on any atom is 0.215 e. The molecule has 2 heterocycles. The molecule has 0 aliphatic carbocycles. The van der Waals surface area contributed by atoms with Gasteiger partial charge < -0.3 is 10.5 Å². The molecule has 17 heavy (non-hydrogen) atoms. The monoisotopic (exact) mass is 234 g/mol. The number of nitrogen functional groups attached to an aromatic ring is 1. The van der Waals surface area contributed by atoms with Gasteiger partial charge in [0, 0.05) is 12.1 Å². The second-order valence-electron chi connectivity index (χ2n) is 4.01. The van der Waals surface area contributed by atoms with Crippen molar-refractivity contribution in [3.8, 4) is 5.88 Å². The first-order chi connectivity index (χ1) is 8.21. The summed E-state index contributed by atoms with van der Waals surface area (Å²) in [5, 5.41) is 0. The number of ether oxygens (including phenoxy) is 1. The minimum atomic E-state index is 0.333. The van der Waals surface area contributed by atoms with E-state index in [-0.39, 0.29) is 0 Å². The van der Waals surface area contributed by atoms with Crippen molar-refractivity contribution in [3.63, 3.8) is 0 Å². The highest BCUT2D eigenvalue weighted by Crippen LogP contribution is 2.26. The summed E-state index contributed by atoms with van der Waals surface area (Å²) in [7, 11) is 1.61. The van der Waals surface area contributed by atoms with E-state index in [2.05, 4.69) is 23.8 Å². The summed E-state index contributed by atoms with van der Waals surface area (Å²) in [6.45, 7) is 4.28. The van der Waals surface area contributed by atoms with Gasteiger partial charge in [0.25, 0.3) is 0 Å². The third-order valence-electron chi connectivity index (χ3n) is 3.06. The van der Waals surface area contributed by atoms with Gasteiger partial charge in [-0.3, -0.25) is 4.57 Å². The van der Waals surface area contributed by atoms with E-state index >= 15 is 0 Å². The minimum Gasteiger partial charge on any atom is -0.481 e. The number of hydrogen-bond donors (Lipinski definition) is 1. The average Bonchev–Trinajstić information content (AvgIpc) is 2.67. The molecule has 0 spiro atoms. The smallest absolute Gasteiger partial charge is 0.215 e. The molecule has 0 saturated carbocycles. The number of nitrogens with two attached hydrogens (primary N) is 1. The molecule has 0 radical (unpaired) electrons. The summed E-state index contributed by atoms with van der Waals surface area (Å²) in [6.07, 6.45) is 2.01. The second-order valence-corrected chi connectivity index (χ2v) is 4.01. The molecule has 5 nitrogen and oxygen atoms in total. The molecule has 0 amide bonds. The van der Waals surface area contributed by atoms with Crippen molar-refractivity contribution in [2.75, 3.05) is 12.8 Å². The number of rotatable bonds is 4. The maximum atomic E-state index is 5.97. The average molecular weight is 234 g/mol. The summed E-state index contributed by atoms with van der Waals surface area (Å²) in [5.74, 6) is 1.11. The molecule has 0 bridgehead atoms. The van der Waals surface area contributed by atoms with Crippen LogP contribution in [0.2, 0.25) is 0 Å². The Balaban J connectivity index is 2.63. The molecule has 2 N–H and O–H groups in total.